The van der Waals surface area contributed by atoms with Crippen LogP contribution in [0.15, 0.2) is 78.9 Å². The van der Waals surface area contributed by atoms with Gasteiger partial charge in [0.1, 0.15) is 78.0 Å². The number of benzene rings is 3. The van der Waals surface area contributed by atoms with Crippen molar-refractivity contribution >= 4 is 100 Å². The number of carboxylic acids is 2. The van der Waals surface area contributed by atoms with Gasteiger partial charge in [-0.05, 0) is 162 Å². The fourth-order valence-electron chi connectivity index (χ4n) is 11.0. The molecule has 3 aromatic rings. The van der Waals surface area contributed by atoms with Crippen LogP contribution in [0.2, 0.25) is 0 Å². The minimum Gasteiger partial charge on any atom is -0.508 e. The van der Waals surface area contributed by atoms with Crippen LogP contribution in [0.1, 0.15) is 135 Å². The van der Waals surface area contributed by atoms with E-state index in [2.05, 4.69) is 63.8 Å². The molecule has 0 saturated carbocycles. The highest BCUT2D eigenvalue weighted by molar-refractivity contribution is 7.98. The number of amides is 13. The molecular weight excluding hydrogens is 1440 g/mol. The minimum absolute atomic E-state index is 0.00703. The summed E-state index contributed by atoms with van der Waals surface area (Å²) in [5.41, 5.74) is 25.2. The molecule has 0 spiro atoms. The molecule has 602 valence electrons. The van der Waals surface area contributed by atoms with Crippen molar-refractivity contribution in [3.8, 4) is 11.5 Å². The minimum atomic E-state index is -1.82. The van der Waals surface area contributed by atoms with E-state index in [0.29, 0.717) is 24.0 Å². The maximum atomic E-state index is 14.3. The summed E-state index contributed by atoms with van der Waals surface area (Å²) in [5, 5.41) is 69.2. The number of nitrogens with two attached hydrogens (primary N) is 4. The van der Waals surface area contributed by atoms with E-state index in [4.69, 9.17) is 22.9 Å². The van der Waals surface area contributed by atoms with Crippen molar-refractivity contribution in [3.63, 3.8) is 0 Å². The van der Waals surface area contributed by atoms with Crippen LogP contribution in [0.25, 0.3) is 0 Å². The number of aromatic hydroxyl groups is 2. The molecule has 0 fully saturated rings. The van der Waals surface area contributed by atoms with Crippen molar-refractivity contribution in [1.29, 1.82) is 0 Å². The molecule has 3 aromatic carbocycles. The molecule has 13 amide bonds. The normalized spacial score (nSPS) is 14.4. The molecule has 0 aliphatic rings. The van der Waals surface area contributed by atoms with Gasteiger partial charge in [0, 0.05) is 19.3 Å². The van der Waals surface area contributed by atoms with Crippen LogP contribution < -0.4 is 86.7 Å². The van der Waals surface area contributed by atoms with Gasteiger partial charge < -0.3 is 107 Å². The molecule has 0 aliphatic heterocycles. The number of primary amides is 1. The van der Waals surface area contributed by atoms with Crippen molar-refractivity contribution in [2.24, 2.45) is 34.8 Å². The third kappa shape index (κ3) is 35.9. The van der Waals surface area contributed by atoms with E-state index < -0.39 is 187 Å². The number of rotatable bonds is 51. The Bertz CT molecular complexity index is 3520. The number of unbranched alkanes of at least 4 members (excludes halogenated alkanes) is 2. The molecule has 35 nitrogen and oxygen atoms in total. The quantitative estimate of drug-likeness (QED) is 0.0268. The van der Waals surface area contributed by atoms with Crippen molar-refractivity contribution in [3.05, 3.63) is 95.6 Å². The lowest BCUT2D eigenvalue weighted by atomic mass is 10.00. The van der Waals surface area contributed by atoms with E-state index in [1.165, 1.54) is 62.0 Å². The first kappa shape index (κ1) is 92.7. The Kier molecular flexibility index (Phi) is 41.5. The van der Waals surface area contributed by atoms with E-state index in [-0.39, 0.29) is 106 Å². The summed E-state index contributed by atoms with van der Waals surface area (Å²) < 4.78 is 0. The molecule has 109 heavy (non-hydrogen) atoms. The predicted octanol–water partition coefficient (Wildman–Crippen LogP) is -2.13. The molecule has 36 heteroatoms. The summed E-state index contributed by atoms with van der Waals surface area (Å²) in [6.45, 7) is 9.04. The summed E-state index contributed by atoms with van der Waals surface area (Å²) in [7, 11) is 0. The summed E-state index contributed by atoms with van der Waals surface area (Å²) >= 11 is 1.28. The van der Waals surface area contributed by atoms with E-state index in [1.807, 2.05) is 0 Å². The number of hydrogen-bond acceptors (Lipinski definition) is 21. The number of phenolic OH excluding ortho intramolecular Hbond substituents is 2. The number of nitrogens with one attached hydrogen (secondary N) is 12. The van der Waals surface area contributed by atoms with E-state index in [0.717, 1.165) is 5.56 Å². The second-order valence-electron chi connectivity index (χ2n) is 27.4. The number of thioether (sulfide) groups is 1. The highest BCUT2D eigenvalue weighted by Gasteiger charge is 2.37. The smallest absolute Gasteiger partial charge is 0.325 e. The van der Waals surface area contributed by atoms with Crippen LogP contribution in [0, 0.1) is 11.8 Å². The topological polar surface area (TPSA) is 585 Å². The molecule has 24 N–H and O–H groups in total. The van der Waals surface area contributed by atoms with Gasteiger partial charge in [-0.1, -0.05) is 82.3 Å². The lowest BCUT2D eigenvalue weighted by Crippen LogP contribution is -2.60. The summed E-state index contributed by atoms with van der Waals surface area (Å²) in [6, 6.07) is 3.50. The number of carbonyl (C=O) groups is 15. The zero-order valence-corrected chi connectivity index (χ0v) is 63.5. The number of carbonyl (C=O) groups excluding carboxylic acids is 13. The van der Waals surface area contributed by atoms with Gasteiger partial charge in [0.25, 0.3) is 0 Å². The van der Waals surface area contributed by atoms with E-state index in [9.17, 15) is 92.3 Å². The van der Waals surface area contributed by atoms with Crippen LogP contribution in [0.3, 0.4) is 0 Å². The molecule has 0 aromatic heterocycles. The summed E-state index contributed by atoms with van der Waals surface area (Å²) in [6.07, 6.45) is 0.329. The average Bonchev–Trinajstić information content (AvgIpc) is 0.861. The maximum absolute atomic E-state index is 14.3. The molecule has 0 bridgehead atoms. The fraction of sp³-hybridized carbons (Fsp3) is 0.548. The largest absolute Gasteiger partial charge is 0.508 e. The monoisotopic (exact) mass is 1550 g/mol. The van der Waals surface area contributed by atoms with Crippen LogP contribution in [0.5, 0.6) is 11.5 Å². The molecule has 0 unspecified atom stereocenters. The van der Waals surface area contributed by atoms with Crippen molar-refractivity contribution in [1.82, 2.24) is 63.8 Å². The SMILES string of the molecule is CSCC[C@H](NC(=O)[C@H](C)NC(=O)[C@H](CC(C)C)NC(=O)[C@H](Cc1ccc(O)cc1)NC(=O)[C@@H](N)Cc1ccccc1)C(=O)N[C@@H](CC(N)=O)C(=O)N[C@@H](CCCCN)C(=O)N[C@@H](CCC(=O)O)C(=O)NCC(=O)N[C@@H](CCCCN)C(=O)N[C@@H](CC(C)C)C(=O)N[C@@H](Cc1ccc(O)cc1)C(=O)N[C@@H](C)C(=O)O. The number of aliphatic carboxylic acids is 2. The lowest BCUT2D eigenvalue weighted by molar-refractivity contribution is -0.142. The van der Waals surface area contributed by atoms with E-state index in [1.54, 1.807) is 76.4 Å². The van der Waals surface area contributed by atoms with Crippen LogP contribution >= 0.6 is 11.8 Å². The highest BCUT2D eigenvalue weighted by atomic mass is 32.2. The van der Waals surface area contributed by atoms with Crippen LogP contribution in [-0.4, -0.2) is 213 Å². The molecule has 0 aliphatic carbocycles. The van der Waals surface area contributed by atoms with Gasteiger partial charge in [0.05, 0.1) is 19.0 Å². The second-order valence-corrected chi connectivity index (χ2v) is 28.4. The first-order chi connectivity index (χ1) is 51.5. The molecule has 0 saturated heterocycles. The average molecular weight is 1550 g/mol. The number of carboxylic acid groups (broad SMARTS) is 2. The van der Waals surface area contributed by atoms with Gasteiger partial charge in [0.2, 0.25) is 76.8 Å². The Balaban J connectivity index is 1.82. The molecule has 3 rings (SSSR count). The van der Waals surface area contributed by atoms with Gasteiger partial charge in [-0.3, -0.25) is 71.9 Å². The second kappa shape index (κ2) is 48.8. The third-order valence-electron chi connectivity index (χ3n) is 17.0. The first-order valence-electron chi connectivity index (χ1n) is 36.1. The third-order valence-corrected chi connectivity index (χ3v) is 17.6. The Morgan fingerprint density at radius 1 is 0.404 bits per heavy atom. The maximum Gasteiger partial charge on any atom is 0.325 e. The summed E-state index contributed by atoms with van der Waals surface area (Å²) in [5.74, 6) is -15.2. The van der Waals surface area contributed by atoms with Crippen LogP contribution in [-0.2, 0) is 91.2 Å². The van der Waals surface area contributed by atoms with Gasteiger partial charge in [-0.15, -0.1) is 0 Å². The van der Waals surface area contributed by atoms with Gasteiger partial charge in [-0.25, -0.2) is 0 Å². The predicted molar refractivity (Wildman–Crippen MR) is 403 cm³/mol. The highest BCUT2D eigenvalue weighted by Crippen LogP contribution is 2.17. The van der Waals surface area contributed by atoms with Crippen molar-refractivity contribution in [2.45, 2.75) is 210 Å². The lowest BCUT2D eigenvalue weighted by Gasteiger charge is -2.27. The molecule has 0 radical (unpaired) electrons. The number of hydrogen-bond donors (Lipinski definition) is 20. The first-order valence-corrected chi connectivity index (χ1v) is 37.5. The van der Waals surface area contributed by atoms with Crippen molar-refractivity contribution in [2.75, 3.05) is 31.6 Å². The Hall–Kier alpha value is -10.5. The molecular formula is C73H110N16O19S. The number of phenols is 2. The Morgan fingerprint density at radius 3 is 1.24 bits per heavy atom. The van der Waals surface area contributed by atoms with Gasteiger partial charge in [-0.2, -0.15) is 11.8 Å². The zero-order valence-electron chi connectivity index (χ0n) is 62.7. The fourth-order valence-corrected chi connectivity index (χ4v) is 11.5. The van der Waals surface area contributed by atoms with Crippen molar-refractivity contribution < 1.29 is 92.3 Å². The zero-order chi connectivity index (χ0) is 81.4. The van der Waals surface area contributed by atoms with Gasteiger partial charge in [0.15, 0.2) is 0 Å². The van der Waals surface area contributed by atoms with Crippen LogP contribution in [0.4, 0.5) is 0 Å². The van der Waals surface area contributed by atoms with E-state index >= 15 is 0 Å². The molecule has 12 atom stereocenters. The standard InChI is InChI=1S/C73H110N16O19S/c1-40(2)33-54(87-71(105)57(37-46-21-25-48(91)26-22-46)85-63(97)49(76)35-44-15-9-8-10-16-44)68(102)79-42(5)62(96)82-53(29-32-109-7)67(101)89-58(38-59(77)92)72(106)83-51(18-12-14-31-75)66(100)84-52(27-28-61(94)95)64(98)78-39-60(93)81-50(17-11-13-30-74)65(99)86-55(34-41(3)4)70(104)88-56(69(103)80-43(6)73(107)108)36-45-19-23-47(90)24-20-45/h8-10,15-16,19-26,40-43,49-58,90-91H,11-14,17-18,27-39,74-76H2,1-7H3,(H2,77,92)(H,78,98)(H,79,102)(H,80,103)(H,81,93)(H,82,96)(H,83,106)(H,84,100)(H,85,97)(H,86,99)(H,87,105)(H,88,104)(H,89,101)(H,94,95)(H,107,108)/t42-,43-,49-,50-,51-,52-,53-,54-,55-,56-,57-,58-/m0/s1. The molecule has 0 heterocycles. The van der Waals surface area contributed by atoms with Gasteiger partial charge >= 0.3 is 11.9 Å². The Labute approximate surface area is 637 Å². The Morgan fingerprint density at radius 2 is 0.780 bits per heavy atom. The summed E-state index contributed by atoms with van der Waals surface area (Å²) in [4.78, 5) is 204.